The molecule has 3 rings (SSSR count). The van der Waals surface area contributed by atoms with Crippen LogP contribution in [0.15, 0.2) is 60.8 Å². The predicted molar refractivity (Wildman–Crippen MR) is 115 cm³/mol. The van der Waals surface area contributed by atoms with Gasteiger partial charge in [0.25, 0.3) is 0 Å². The molecule has 2 aromatic heterocycles. The number of carbonyl (C=O) groups is 1. The van der Waals surface area contributed by atoms with Crippen molar-refractivity contribution in [3.8, 4) is 6.07 Å². The summed E-state index contributed by atoms with van der Waals surface area (Å²) in [5.41, 5.74) is 7.01. The van der Waals surface area contributed by atoms with E-state index in [1.54, 1.807) is 0 Å². The van der Waals surface area contributed by atoms with Crippen LogP contribution >= 0.6 is 0 Å². The SMILES string of the molecule is N#Cc1ccc(NCC(F)(F)c2ccccn2)[n+](O)c1CC(=O)NCc1ccccc1CN. The average Bonchev–Trinajstić information content (AvgIpc) is 2.84. The smallest absolute Gasteiger partial charge is 0.325 e. The van der Waals surface area contributed by atoms with E-state index in [0.717, 1.165) is 11.1 Å². The summed E-state index contributed by atoms with van der Waals surface area (Å²) in [4.78, 5) is 16.2. The van der Waals surface area contributed by atoms with Gasteiger partial charge in [0, 0.05) is 25.4 Å². The lowest BCUT2D eigenvalue weighted by atomic mass is 10.1. The number of hydrogen-bond acceptors (Lipinski definition) is 6. The Morgan fingerprint density at radius 1 is 1.15 bits per heavy atom. The van der Waals surface area contributed by atoms with Crippen molar-refractivity contribution in [2.75, 3.05) is 11.9 Å². The van der Waals surface area contributed by atoms with Crippen molar-refractivity contribution in [2.45, 2.75) is 25.4 Å². The van der Waals surface area contributed by atoms with Crippen LogP contribution in [0.4, 0.5) is 14.6 Å². The minimum atomic E-state index is -3.31. The molecular weight excluding hydrogens is 430 g/mol. The van der Waals surface area contributed by atoms with Crippen molar-refractivity contribution in [3.05, 3.63) is 88.9 Å². The molecule has 0 spiro atoms. The molecular formula is C23H23F2N6O2+. The molecule has 170 valence electrons. The Bertz CT molecular complexity index is 1170. The number of rotatable bonds is 9. The van der Waals surface area contributed by atoms with Crippen LogP contribution in [-0.4, -0.2) is 22.6 Å². The first-order valence-corrected chi connectivity index (χ1v) is 10.1. The average molecular weight is 453 g/mol. The van der Waals surface area contributed by atoms with Crippen molar-refractivity contribution in [2.24, 2.45) is 5.73 Å². The van der Waals surface area contributed by atoms with Crippen LogP contribution in [0.25, 0.3) is 0 Å². The van der Waals surface area contributed by atoms with E-state index in [1.807, 2.05) is 30.3 Å². The number of benzene rings is 1. The van der Waals surface area contributed by atoms with Crippen molar-refractivity contribution in [3.63, 3.8) is 0 Å². The van der Waals surface area contributed by atoms with E-state index in [2.05, 4.69) is 15.6 Å². The molecule has 0 unspecified atom stereocenters. The fourth-order valence-electron chi connectivity index (χ4n) is 3.20. The Hall–Kier alpha value is -4.10. The predicted octanol–water partition coefficient (Wildman–Crippen LogP) is 2.00. The molecule has 3 aromatic rings. The van der Waals surface area contributed by atoms with Gasteiger partial charge in [-0.2, -0.15) is 14.0 Å². The molecule has 33 heavy (non-hydrogen) atoms. The maximum absolute atomic E-state index is 14.4. The first-order chi connectivity index (χ1) is 15.9. The number of nitriles is 1. The molecule has 0 bridgehead atoms. The van der Waals surface area contributed by atoms with Crippen LogP contribution in [-0.2, 0) is 30.2 Å². The Morgan fingerprint density at radius 3 is 2.55 bits per heavy atom. The van der Waals surface area contributed by atoms with Gasteiger partial charge in [-0.3, -0.25) is 15.1 Å². The molecule has 0 aliphatic heterocycles. The second-order valence-electron chi connectivity index (χ2n) is 7.20. The van der Waals surface area contributed by atoms with Crippen molar-refractivity contribution >= 4 is 11.7 Å². The van der Waals surface area contributed by atoms with Crippen LogP contribution in [0.5, 0.6) is 0 Å². The molecule has 0 fully saturated rings. The highest BCUT2D eigenvalue weighted by Gasteiger charge is 2.36. The largest absolute Gasteiger partial charge is 0.352 e. The summed E-state index contributed by atoms with van der Waals surface area (Å²) < 4.78 is 29.4. The number of amides is 1. The summed E-state index contributed by atoms with van der Waals surface area (Å²) in [5.74, 6) is -3.87. The zero-order valence-electron chi connectivity index (χ0n) is 17.6. The number of alkyl halides is 2. The number of nitrogens with zero attached hydrogens (tertiary/aromatic N) is 3. The number of aromatic nitrogens is 2. The summed E-state index contributed by atoms with van der Waals surface area (Å²) in [6, 6.07) is 16.1. The number of carbonyl (C=O) groups excluding carboxylic acids is 1. The van der Waals surface area contributed by atoms with Gasteiger partial charge < -0.3 is 16.3 Å². The van der Waals surface area contributed by atoms with Crippen molar-refractivity contribution < 1.29 is 23.5 Å². The third-order valence-electron chi connectivity index (χ3n) is 5.00. The van der Waals surface area contributed by atoms with Gasteiger partial charge in [0.15, 0.2) is 12.2 Å². The monoisotopic (exact) mass is 453 g/mol. The summed E-state index contributed by atoms with van der Waals surface area (Å²) in [7, 11) is 0. The van der Waals surface area contributed by atoms with Gasteiger partial charge in [-0.05, 0) is 34.1 Å². The van der Waals surface area contributed by atoms with E-state index < -0.39 is 24.1 Å². The highest BCUT2D eigenvalue weighted by atomic mass is 19.3. The highest BCUT2D eigenvalue weighted by Crippen LogP contribution is 2.26. The molecule has 0 aliphatic rings. The van der Waals surface area contributed by atoms with Gasteiger partial charge >= 0.3 is 11.7 Å². The molecule has 5 N–H and O–H groups in total. The molecule has 0 radical (unpaired) electrons. The third kappa shape index (κ3) is 5.78. The molecule has 0 saturated carbocycles. The van der Waals surface area contributed by atoms with Crippen LogP contribution < -0.4 is 21.1 Å². The number of hydrogen-bond donors (Lipinski definition) is 4. The van der Waals surface area contributed by atoms with Crippen molar-refractivity contribution in [1.29, 1.82) is 5.26 Å². The zero-order chi connectivity index (χ0) is 23.8. The van der Waals surface area contributed by atoms with Crippen molar-refractivity contribution in [1.82, 2.24) is 10.3 Å². The fourth-order valence-corrected chi connectivity index (χ4v) is 3.20. The van der Waals surface area contributed by atoms with E-state index >= 15 is 0 Å². The molecule has 8 nitrogen and oxygen atoms in total. The Labute approximate surface area is 189 Å². The first kappa shape index (κ1) is 23.6. The quantitative estimate of drug-likeness (QED) is 0.290. The zero-order valence-corrected chi connectivity index (χ0v) is 17.6. The number of nitrogens with two attached hydrogens (primary N) is 1. The van der Waals surface area contributed by atoms with Crippen LogP contribution in [0.1, 0.15) is 28.1 Å². The van der Waals surface area contributed by atoms with E-state index in [-0.39, 0.29) is 30.0 Å². The number of nitrogens with one attached hydrogen (secondary N) is 2. The lowest BCUT2D eigenvalue weighted by molar-refractivity contribution is -0.898. The third-order valence-corrected chi connectivity index (χ3v) is 5.00. The van der Waals surface area contributed by atoms with Crippen LogP contribution in [0.3, 0.4) is 0 Å². The molecule has 10 heteroatoms. The summed E-state index contributed by atoms with van der Waals surface area (Å²) in [6.07, 6.45) is 0.927. The molecule has 1 aromatic carbocycles. The van der Waals surface area contributed by atoms with Gasteiger partial charge in [-0.15, -0.1) is 0 Å². The first-order valence-electron chi connectivity index (χ1n) is 10.1. The topological polar surface area (TPSA) is 128 Å². The summed E-state index contributed by atoms with van der Waals surface area (Å²) in [6.45, 7) is -0.316. The van der Waals surface area contributed by atoms with Crippen LogP contribution in [0, 0.1) is 11.3 Å². The van der Waals surface area contributed by atoms with Gasteiger partial charge in [0.05, 0.1) is 12.0 Å². The Balaban J connectivity index is 1.72. The maximum Gasteiger partial charge on any atom is 0.325 e. The van der Waals surface area contributed by atoms with Gasteiger partial charge in [0.2, 0.25) is 5.91 Å². The summed E-state index contributed by atoms with van der Waals surface area (Å²) in [5, 5.41) is 25.1. The van der Waals surface area contributed by atoms with E-state index in [4.69, 9.17) is 5.73 Å². The second kappa shape index (κ2) is 10.5. The molecule has 1 amide bonds. The Morgan fingerprint density at radius 2 is 1.88 bits per heavy atom. The molecule has 0 aliphatic carbocycles. The minimum Gasteiger partial charge on any atom is -0.352 e. The number of pyridine rings is 2. The van der Waals surface area contributed by atoms with Gasteiger partial charge in [0.1, 0.15) is 11.8 Å². The minimum absolute atomic E-state index is 0.0340. The Kier molecular flexibility index (Phi) is 7.48. The molecule has 0 atom stereocenters. The molecule has 2 heterocycles. The molecule has 0 saturated heterocycles. The van der Waals surface area contributed by atoms with Gasteiger partial charge in [-0.25, -0.2) is 0 Å². The van der Waals surface area contributed by atoms with E-state index in [0.29, 0.717) is 11.3 Å². The standard InChI is InChI=1S/C23H22F2N6O2/c24-23(25,20-7-3-4-10-28-20)15-30-21-9-8-17(13-27)19(31(21)33)11-22(32)29-14-18-6-2-1-5-16(18)12-26/h1-10,33H,11-12,14-15,26H2,(H,29,32)/p+1. The van der Waals surface area contributed by atoms with Gasteiger partial charge in [-0.1, -0.05) is 30.3 Å². The second-order valence-corrected chi connectivity index (χ2v) is 7.20. The van der Waals surface area contributed by atoms with E-state index in [1.165, 1.54) is 36.5 Å². The maximum atomic E-state index is 14.4. The number of halogens is 2. The van der Waals surface area contributed by atoms with E-state index in [9.17, 15) is 24.0 Å². The summed E-state index contributed by atoms with van der Waals surface area (Å²) >= 11 is 0. The lowest BCUT2D eigenvalue weighted by Crippen LogP contribution is -2.43. The fraction of sp³-hybridized carbons (Fsp3) is 0.217. The highest BCUT2D eigenvalue weighted by molar-refractivity contribution is 5.78. The van der Waals surface area contributed by atoms with Crippen LogP contribution in [0.2, 0.25) is 0 Å². The normalized spacial score (nSPS) is 11.0. The lowest BCUT2D eigenvalue weighted by Gasteiger charge is -2.14. The number of anilines is 1.